The number of carboxylic acid groups (broad SMARTS) is 1. The molecule has 3 aromatic rings. The zero-order valence-corrected chi connectivity index (χ0v) is 12.9. The minimum absolute atomic E-state index is 0.371. The molecular weight excluding hydrogens is 314 g/mol. The van der Waals surface area contributed by atoms with Crippen molar-refractivity contribution >= 4 is 33.4 Å². The van der Waals surface area contributed by atoms with Gasteiger partial charge in [-0.2, -0.15) is 0 Å². The van der Waals surface area contributed by atoms with Crippen molar-refractivity contribution < 1.29 is 14.7 Å². The van der Waals surface area contributed by atoms with E-state index in [1.165, 1.54) is 11.3 Å². The van der Waals surface area contributed by atoms with Gasteiger partial charge in [-0.15, -0.1) is 11.3 Å². The predicted octanol–water partition coefficient (Wildman–Crippen LogP) is 2.17. The number of amides is 1. The van der Waals surface area contributed by atoms with Gasteiger partial charge in [0.25, 0.3) is 5.91 Å². The van der Waals surface area contributed by atoms with E-state index >= 15 is 0 Å². The third-order valence-electron chi connectivity index (χ3n) is 2.93. The lowest BCUT2D eigenvalue weighted by Gasteiger charge is -2.04. The fourth-order valence-electron chi connectivity index (χ4n) is 1.78. The number of aliphatic carboxylic acids is 1. The second-order valence-corrected chi connectivity index (χ2v) is 5.61. The number of carbonyl (C=O) groups excluding carboxylic acids is 1. The minimum Gasteiger partial charge on any atom is -0.480 e. The van der Waals surface area contributed by atoms with Gasteiger partial charge in [0.1, 0.15) is 6.04 Å². The molecule has 118 valence electrons. The summed E-state index contributed by atoms with van der Waals surface area (Å²) in [5, 5.41) is 8.88. The number of thiazole rings is 1. The van der Waals surface area contributed by atoms with Crippen LogP contribution < -0.4 is 11.5 Å². The smallest absolute Gasteiger partial charge is 0.325 e. The molecule has 0 spiro atoms. The van der Waals surface area contributed by atoms with E-state index in [1.807, 2.05) is 30.3 Å². The predicted molar refractivity (Wildman–Crippen MR) is 89.1 cm³/mol. The van der Waals surface area contributed by atoms with Crippen LogP contribution in [0.1, 0.15) is 21.4 Å². The van der Waals surface area contributed by atoms with Gasteiger partial charge >= 0.3 is 5.97 Å². The number of nitrogens with zero attached hydrogens (tertiary/aromatic N) is 1. The molecule has 0 aliphatic rings. The van der Waals surface area contributed by atoms with Crippen molar-refractivity contribution in [2.24, 2.45) is 11.5 Å². The molecule has 1 heterocycles. The zero-order valence-electron chi connectivity index (χ0n) is 12.0. The summed E-state index contributed by atoms with van der Waals surface area (Å²) >= 11 is 1.32. The summed E-state index contributed by atoms with van der Waals surface area (Å²) in [7, 11) is 0. The number of para-hydroxylation sites is 1. The molecule has 2 aromatic carbocycles. The third kappa shape index (κ3) is 4.35. The molecule has 23 heavy (non-hydrogen) atoms. The molecule has 1 amide bonds. The van der Waals surface area contributed by atoms with Crippen molar-refractivity contribution in [1.82, 2.24) is 4.98 Å². The standard InChI is InChI=1S/C8H6N2OS.C8H9NO2/c9-7(11)8-10-5-3-1-2-4-6(5)12-8;9-7(8(10)11)6-4-2-1-3-5-6/h1-4H,(H2,9,11);1-5,7H,9H2,(H,10,11)/t;7-/m.0/s1. The van der Waals surface area contributed by atoms with Crippen LogP contribution in [0.4, 0.5) is 0 Å². The normalized spacial score (nSPS) is 11.3. The maximum absolute atomic E-state index is 10.7. The first kappa shape index (κ1) is 16.6. The number of carbonyl (C=O) groups is 2. The molecule has 7 heteroatoms. The van der Waals surface area contributed by atoms with Crippen molar-refractivity contribution in [2.45, 2.75) is 6.04 Å². The van der Waals surface area contributed by atoms with Crippen LogP contribution in [-0.2, 0) is 4.79 Å². The third-order valence-corrected chi connectivity index (χ3v) is 3.98. The first-order valence-corrected chi connectivity index (χ1v) is 7.49. The lowest BCUT2D eigenvalue weighted by molar-refractivity contribution is -0.138. The fraction of sp³-hybridized carbons (Fsp3) is 0.0625. The first-order chi connectivity index (χ1) is 11.0. The molecule has 0 aliphatic carbocycles. The van der Waals surface area contributed by atoms with Gasteiger partial charge in [-0.1, -0.05) is 42.5 Å². The largest absolute Gasteiger partial charge is 0.480 e. The Kier molecular flexibility index (Phi) is 5.40. The monoisotopic (exact) mass is 329 g/mol. The molecule has 0 radical (unpaired) electrons. The first-order valence-electron chi connectivity index (χ1n) is 6.67. The number of rotatable bonds is 3. The van der Waals surface area contributed by atoms with Crippen LogP contribution in [0, 0.1) is 0 Å². The molecule has 0 saturated heterocycles. The lowest BCUT2D eigenvalue weighted by atomic mass is 10.1. The van der Waals surface area contributed by atoms with Crippen molar-refractivity contribution in [3.05, 3.63) is 65.2 Å². The number of nitrogens with two attached hydrogens (primary N) is 2. The molecular formula is C16H15N3O3S. The number of carboxylic acids is 1. The molecule has 0 saturated carbocycles. The summed E-state index contributed by atoms with van der Waals surface area (Å²) in [6.45, 7) is 0. The number of fused-ring (bicyclic) bond motifs is 1. The molecule has 0 aliphatic heterocycles. The highest BCUT2D eigenvalue weighted by molar-refractivity contribution is 7.20. The summed E-state index contributed by atoms with van der Waals surface area (Å²) in [6, 6.07) is 15.4. The van der Waals surface area contributed by atoms with Gasteiger partial charge in [-0.05, 0) is 17.7 Å². The molecule has 0 bridgehead atoms. The van der Waals surface area contributed by atoms with Crippen molar-refractivity contribution in [2.75, 3.05) is 0 Å². The van der Waals surface area contributed by atoms with Crippen LogP contribution in [-0.4, -0.2) is 22.0 Å². The molecule has 0 unspecified atom stereocenters. The Morgan fingerprint density at radius 3 is 2.22 bits per heavy atom. The lowest BCUT2D eigenvalue weighted by Crippen LogP contribution is -2.20. The molecule has 6 nitrogen and oxygen atoms in total. The summed E-state index contributed by atoms with van der Waals surface area (Å²) in [5.41, 5.74) is 11.9. The second-order valence-electron chi connectivity index (χ2n) is 4.58. The van der Waals surface area contributed by atoms with Gasteiger partial charge in [0, 0.05) is 0 Å². The SMILES string of the molecule is NC(=O)c1nc2ccccc2s1.N[C@H](C(=O)O)c1ccccc1. The Bertz CT molecular complexity index is 785. The van der Waals surface area contributed by atoms with Gasteiger partial charge in [0.2, 0.25) is 0 Å². The Hall–Kier alpha value is -2.77. The number of hydrogen-bond donors (Lipinski definition) is 3. The van der Waals surface area contributed by atoms with E-state index < -0.39 is 17.9 Å². The quantitative estimate of drug-likeness (QED) is 0.680. The average Bonchev–Trinajstić information content (AvgIpc) is 3.00. The van der Waals surface area contributed by atoms with E-state index in [9.17, 15) is 9.59 Å². The Labute approximate surface area is 136 Å². The van der Waals surface area contributed by atoms with Crippen LogP contribution >= 0.6 is 11.3 Å². The van der Waals surface area contributed by atoms with Crippen molar-refractivity contribution in [3.63, 3.8) is 0 Å². The van der Waals surface area contributed by atoms with Crippen molar-refractivity contribution in [1.29, 1.82) is 0 Å². The van der Waals surface area contributed by atoms with Gasteiger partial charge in [-0.25, -0.2) is 4.98 Å². The summed E-state index contributed by atoms with van der Waals surface area (Å²) in [6.07, 6.45) is 0. The molecule has 3 rings (SSSR count). The zero-order chi connectivity index (χ0) is 16.8. The Morgan fingerprint density at radius 1 is 1.04 bits per heavy atom. The maximum atomic E-state index is 10.7. The number of aromatic nitrogens is 1. The van der Waals surface area contributed by atoms with E-state index in [2.05, 4.69) is 4.98 Å². The van der Waals surface area contributed by atoms with Crippen molar-refractivity contribution in [3.8, 4) is 0 Å². The molecule has 1 aromatic heterocycles. The minimum atomic E-state index is -1.00. The molecule has 1 atom stereocenters. The van der Waals surface area contributed by atoms with Gasteiger partial charge in [0.05, 0.1) is 10.2 Å². The van der Waals surface area contributed by atoms with Crippen LogP contribution in [0.3, 0.4) is 0 Å². The molecule has 5 N–H and O–H groups in total. The van der Waals surface area contributed by atoms with E-state index in [0.29, 0.717) is 10.6 Å². The van der Waals surface area contributed by atoms with Gasteiger partial charge in [0.15, 0.2) is 5.01 Å². The van der Waals surface area contributed by atoms with E-state index in [-0.39, 0.29) is 0 Å². The highest BCUT2D eigenvalue weighted by Gasteiger charge is 2.12. The van der Waals surface area contributed by atoms with Crippen LogP contribution in [0.25, 0.3) is 10.2 Å². The highest BCUT2D eigenvalue weighted by Crippen LogP contribution is 2.20. The maximum Gasteiger partial charge on any atom is 0.325 e. The van der Waals surface area contributed by atoms with Crippen LogP contribution in [0.2, 0.25) is 0 Å². The van der Waals surface area contributed by atoms with E-state index in [0.717, 1.165) is 10.2 Å². The Morgan fingerprint density at radius 2 is 1.65 bits per heavy atom. The molecule has 0 fully saturated rings. The highest BCUT2D eigenvalue weighted by atomic mass is 32.1. The number of hydrogen-bond acceptors (Lipinski definition) is 5. The number of benzene rings is 2. The number of primary amides is 1. The van der Waals surface area contributed by atoms with Gasteiger partial charge in [-0.3, -0.25) is 9.59 Å². The van der Waals surface area contributed by atoms with Crippen LogP contribution in [0.15, 0.2) is 54.6 Å². The van der Waals surface area contributed by atoms with Gasteiger partial charge < -0.3 is 16.6 Å². The average molecular weight is 329 g/mol. The van der Waals surface area contributed by atoms with E-state index in [4.69, 9.17) is 16.6 Å². The fourth-order valence-corrected chi connectivity index (χ4v) is 2.60. The second kappa shape index (κ2) is 7.48. The summed E-state index contributed by atoms with van der Waals surface area (Å²) in [4.78, 5) is 25.2. The Balaban J connectivity index is 0.000000168. The van der Waals surface area contributed by atoms with Crippen LogP contribution in [0.5, 0.6) is 0 Å². The summed E-state index contributed by atoms with van der Waals surface area (Å²) < 4.78 is 0.992. The topological polar surface area (TPSA) is 119 Å². The van der Waals surface area contributed by atoms with E-state index in [1.54, 1.807) is 24.3 Å². The summed E-state index contributed by atoms with van der Waals surface area (Å²) in [5.74, 6) is -1.47.